The lowest BCUT2D eigenvalue weighted by atomic mass is 9.93. The van der Waals surface area contributed by atoms with Crippen LogP contribution in [0.5, 0.6) is 0 Å². The van der Waals surface area contributed by atoms with Crippen molar-refractivity contribution in [1.82, 2.24) is 5.32 Å². The van der Waals surface area contributed by atoms with Gasteiger partial charge in [0.1, 0.15) is 0 Å². The molecular weight excluding hydrogens is 829 g/mol. The lowest BCUT2D eigenvalue weighted by molar-refractivity contribution is -0.149. The zero-order valence-corrected chi connectivity index (χ0v) is 47.2. The zero-order chi connectivity index (χ0) is 50.8. The standard InChI is InChI=1S/C26H52O.C25H48O2.C4H8.C3H9N.C2H2.H3NS/c1-5-8-11-14-16-18-21-24-27-25(4)26(22-19-13-10-7-3)23-20-17-15-12-9-6-2;1-4-7-10-13-15-17-20-23-27-25(26)24(21-18-12-9-6-3)22-19-16-14-11-8-5-2;2*1-3-4-2;2*1-2/h26H,4-24H2,1-3H3;4,24H,1,5-23H2,2-3H3;3H,1,4H2,2H3;4H,3H2,1-2H3;1-2H;2H,1H2. The van der Waals surface area contributed by atoms with Gasteiger partial charge in [-0.3, -0.25) is 9.93 Å². The Morgan fingerprint density at radius 1 is 0.485 bits per heavy atom. The molecule has 0 aromatic heterocycles. The van der Waals surface area contributed by atoms with Gasteiger partial charge in [0.05, 0.1) is 24.9 Å². The van der Waals surface area contributed by atoms with Gasteiger partial charge >= 0.3 is 5.97 Å². The van der Waals surface area contributed by atoms with E-state index in [1.54, 1.807) is 0 Å². The fourth-order valence-corrected chi connectivity index (χ4v) is 7.42. The number of allylic oxidation sites excluding steroid dienone is 3. The Morgan fingerprint density at radius 2 is 0.758 bits per heavy atom. The number of hydrogen-bond acceptors (Lipinski definition) is 6. The molecule has 3 N–H and O–H groups in total. The topological polar surface area (TPSA) is 73.6 Å². The highest BCUT2D eigenvalue weighted by Crippen LogP contribution is 2.26. The molecule has 0 radical (unpaired) electrons. The molecule has 0 spiro atoms. The highest BCUT2D eigenvalue weighted by molar-refractivity contribution is 7.77. The van der Waals surface area contributed by atoms with Crippen LogP contribution in [0.1, 0.15) is 292 Å². The number of esters is 1. The molecule has 6 heteroatoms. The Labute approximate surface area is 423 Å². The molecule has 2 atom stereocenters. The van der Waals surface area contributed by atoms with Crippen LogP contribution in [-0.2, 0) is 14.3 Å². The second kappa shape index (κ2) is 77.5. The van der Waals surface area contributed by atoms with Crippen molar-refractivity contribution in [3.05, 3.63) is 37.6 Å². The molecular formula is C60H122N2O3S. The minimum absolute atomic E-state index is 0.0757. The molecule has 0 heterocycles. The Morgan fingerprint density at radius 3 is 1.08 bits per heavy atom. The first-order valence-corrected chi connectivity index (χ1v) is 28.8. The van der Waals surface area contributed by atoms with Gasteiger partial charge in [-0.15, -0.1) is 38.8 Å². The Bertz CT molecular complexity index is 892. The van der Waals surface area contributed by atoms with E-state index in [0.29, 0.717) is 12.5 Å². The van der Waals surface area contributed by atoms with Gasteiger partial charge in [0.15, 0.2) is 0 Å². The smallest absolute Gasteiger partial charge is 0.308 e. The molecule has 0 aliphatic heterocycles. The van der Waals surface area contributed by atoms with E-state index in [0.717, 1.165) is 51.0 Å². The molecule has 0 aromatic carbocycles. The first-order chi connectivity index (χ1) is 32.3. The third-order valence-electron chi connectivity index (χ3n) is 11.9. The summed E-state index contributed by atoms with van der Waals surface area (Å²) in [6, 6.07) is 0. The summed E-state index contributed by atoms with van der Waals surface area (Å²) in [5, 5.41) is 7.12. The van der Waals surface area contributed by atoms with E-state index in [4.69, 9.17) is 9.47 Å². The number of carbonyl (C=O) groups is 1. The lowest BCUT2D eigenvalue weighted by Gasteiger charge is -2.20. The molecule has 0 fully saturated rings. The van der Waals surface area contributed by atoms with Crippen molar-refractivity contribution in [2.75, 3.05) is 26.8 Å². The van der Waals surface area contributed by atoms with Gasteiger partial charge in [0.2, 0.25) is 0 Å². The summed E-state index contributed by atoms with van der Waals surface area (Å²) in [7, 11) is 1.93. The third kappa shape index (κ3) is 73.9. The Balaban J connectivity index is -0.000000219. The lowest BCUT2D eigenvalue weighted by Crippen LogP contribution is -2.18. The number of nitrogens with one attached hydrogen (secondary N) is 1. The summed E-state index contributed by atoms with van der Waals surface area (Å²) in [4.78, 5) is 12.5. The van der Waals surface area contributed by atoms with Crippen molar-refractivity contribution >= 4 is 18.8 Å². The van der Waals surface area contributed by atoms with Gasteiger partial charge in [-0.25, -0.2) is 0 Å². The minimum atomic E-state index is 0.0757. The number of carbonyl (C=O) groups excluding carboxylic acids is 1. The highest BCUT2D eigenvalue weighted by atomic mass is 32.1. The molecule has 0 aliphatic rings. The normalized spacial score (nSPS) is 10.9. The van der Waals surface area contributed by atoms with Gasteiger partial charge in [0.25, 0.3) is 0 Å². The monoisotopic (exact) mass is 951 g/mol. The van der Waals surface area contributed by atoms with Crippen LogP contribution in [0.25, 0.3) is 0 Å². The summed E-state index contributed by atoms with van der Waals surface area (Å²) in [6.45, 7) is 29.6. The average Bonchev–Trinajstić information content (AvgIpc) is 3.35. The molecule has 0 rings (SSSR count). The SMILES string of the molecule is C#C.C=C(OCCCCCCCCC)C(CCCCCC)CCCCCCCC.C=CCC.C=CCCCCCCCOC(=O)C(CCCCCC)CCCCCCCC.CCNC.NS. The van der Waals surface area contributed by atoms with Gasteiger partial charge in [-0.1, -0.05) is 253 Å². The van der Waals surface area contributed by atoms with Crippen molar-refractivity contribution in [3.8, 4) is 12.8 Å². The quantitative estimate of drug-likeness (QED) is 0.0142. The fraction of sp³-hybridized carbons (Fsp3) is 0.850. The van der Waals surface area contributed by atoms with E-state index in [-0.39, 0.29) is 11.9 Å². The zero-order valence-electron chi connectivity index (χ0n) is 46.3. The average molecular weight is 952 g/mol. The van der Waals surface area contributed by atoms with Crippen LogP contribution in [0.2, 0.25) is 0 Å². The fourth-order valence-electron chi connectivity index (χ4n) is 7.42. The second-order valence-electron chi connectivity index (χ2n) is 18.1. The maximum absolute atomic E-state index is 12.5. The second-order valence-corrected chi connectivity index (χ2v) is 18.1. The Kier molecular flexibility index (Phi) is 89.1. The number of ether oxygens (including phenoxy) is 2. The molecule has 396 valence electrons. The predicted octanol–water partition coefficient (Wildman–Crippen LogP) is 19.8. The molecule has 66 heavy (non-hydrogen) atoms. The van der Waals surface area contributed by atoms with Crippen LogP contribution in [0.3, 0.4) is 0 Å². The highest BCUT2D eigenvalue weighted by Gasteiger charge is 2.19. The number of hydrogen-bond donors (Lipinski definition) is 3. The molecule has 5 nitrogen and oxygen atoms in total. The van der Waals surface area contributed by atoms with Gasteiger partial charge in [0, 0.05) is 5.92 Å². The van der Waals surface area contributed by atoms with E-state index >= 15 is 0 Å². The van der Waals surface area contributed by atoms with E-state index in [9.17, 15) is 4.79 Å². The number of unbranched alkanes of at least 4 members (excludes halogenated alkanes) is 27. The van der Waals surface area contributed by atoms with Crippen LogP contribution in [-0.4, -0.2) is 32.8 Å². The summed E-state index contributed by atoms with van der Waals surface area (Å²) < 4.78 is 11.7. The van der Waals surface area contributed by atoms with Crippen molar-refractivity contribution in [2.24, 2.45) is 17.0 Å². The predicted molar refractivity (Wildman–Crippen MR) is 306 cm³/mol. The van der Waals surface area contributed by atoms with Crippen LogP contribution in [0.4, 0.5) is 0 Å². The maximum Gasteiger partial charge on any atom is 0.308 e. The number of terminal acetylenes is 1. The van der Waals surface area contributed by atoms with Gasteiger partial charge in [-0.2, -0.15) is 0 Å². The van der Waals surface area contributed by atoms with Gasteiger partial charge in [-0.05, 0) is 71.4 Å². The Hall–Kier alpha value is -1.68. The molecule has 0 saturated carbocycles. The van der Waals surface area contributed by atoms with Crippen molar-refractivity contribution in [2.45, 2.75) is 292 Å². The summed E-state index contributed by atoms with van der Waals surface area (Å²) in [5.74, 6) is 1.90. The molecule has 0 bridgehead atoms. The summed E-state index contributed by atoms with van der Waals surface area (Å²) >= 11 is 3.03. The van der Waals surface area contributed by atoms with E-state index in [1.807, 2.05) is 19.2 Å². The first kappa shape index (κ1) is 75.8. The van der Waals surface area contributed by atoms with Crippen molar-refractivity contribution in [1.29, 1.82) is 0 Å². The molecule has 0 aromatic rings. The third-order valence-corrected chi connectivity index (χ3v) is 11.9. The van der Waals surface area contributed by atoms with E-state index in [2.05, 4.69) is 104 Å². The van der Waals surface area contributed by atoms with Crippen molar-refractivity contribution < 1.29 is 14.3 Å². The molecule has 0 saturated heterocycles. The van der Waals surface area contributed by atoms with Crippen molar-refractivity contribution in [3.63, 3.8) is 0 Å². The molecule has 2 unspecified atom stereocenters. The maximum atomic E-state index is 12.5. The molecule has 0 aliphatic carbocycles. The van der Waals surface area contributed by atoms with Gasteiger partial charge < -0.3 is 14.8 Å². The summed E-state index contributed by atoms with van der Waals surface area (Å²) in [5.41, 5.74) is 0. The van der Waals surface area contributed by atoms with E-state index in [1.165, 1.54) is 212 Å². The number of rotatable bonds is 45. The minimum Gasteiger partial charge on any atom is -0.498 e. The number of thiol groups is 1. The largest absolute Gasteiger partial charge is 0.498 e. The molecule has 0 amide bonds. The first-order valence-electron chi connectivity index (χ1n) is 28.3. The van der Waals surface area contributed by atoms with Crippen LogP contribution < -0.4 is 10.5 Å². The van der Waals surface area contributed by atoms with Crippen LogP contribution in [0.15, 0.2) is 37.6 Å². The number of nitrogens with two attached hydrogens (primary N) is 1. The summed E-state index contributed by atoms with van der Waals surface area (Å²) in [6.07, 6.45) is 60.4. The van der Waals surface area contributed by atoms with Crippen LogP contribution in [0, 0.1) is 24.7 Å². The van der Waals surface area contributed by atoms with E-state index < -0.39 is 0 Å². The van der Waals surface area contributed by atoms with Crippen LogP contribution >= 0.6 is 12.8 Å².